The van der Waals surface area contributed by atoms with Gasteiger partial charge in [0.25, 0.3) is 5.88 Å². The predicted molar refractivity (Wildman–Crippen MR) is 121 cm³/mol. The summed E-state index contributed by atoms with van der Waals surface area (Å²) in [6, 6.07) is 12.4. The van der Waals surface area contributed by atoms with Crippen molar-refractivity contribution in [2.45, 2.75) is 20.0 Å². The molecule has 0 amide bonds. The maximum atomic E-state index is 13.3. The lowest BCUT2D eigenvalue weighted by Gasteiger charge is -2.15. The van der Waals surface area contributed by atoms with Gasteiger partial charge in [-0.25, -0.2) is 28.5 Å². The number of hydrogen-bond acceptors (Lipinski definition) is 9. The molecule has 0 aliphatic heterocycles. The fraction of sp³-hybridized carbons (Fsp3) is 0.136. The van der Waals surface area contributed by atoms with E-state index in [2.05, 4.69) is 25.1 Å². The molecule has 11 nitrogen and oxygen atoms in total. The molecule has 0 fully saturated rings. The molecule has 2 aromatic carbocycles. The number of rotatable bonds is 8. The zero-order valence-corrected chi connectivity index (χ0v) is 18.0. The Bertz CT molecular complexity index is 1390. The fourth-order valence-corrected chi connectivity index (χ4v) is 3.08. The van der Waals surface area contributed by atoms with Crippen molar-refractivity contribution in [2.24, 2.45) is 5.90 Å². The third kappa shape index (κ3) is 5.07. The Balaban J connectivity index is 1.59. The first kappa shape index (κ1) is 22.6. The van der Waals surface area contributed by atoms with Gasteiger partial charge < -0.3 is 14.9 Å². The van der Waals surface area contributed by atoms with Crippen LogP contribution in [0.1, 0.15) is 12.5 Å². The molecular formula is C22H20FN7O4. The van der Waals surface area contributed by atoms with Crippen LogP contribution in [0, 0.1) is 5.82 Å². The molecule has 0 aliphatic carbocycles. The van der Waals surface area contributed by atoms with Gasteiger partial charge in [-0.3, -0.25) is 4.57 Å². The first-order chi connectivity index (χ1) is 16.5. The Labute approximate surface area is 192 Å². The van der Waals surface area contributed by atoms with Crippen molar-refractivity contribution in [3.63, 3.8) is 0 Å². The number of nitrogens with two attached hydrogens (primary N) is 1. The van der Waals surface area contributed by atoms with Crippen LogP contribution >= 0.6 is 0 Å². The Morgan fingerprint density at radius 3 is 2.26 bits per heavy atom. The highest BCUT2D eigenvalue weighted by Gasteiger charge is 2.13. The van der Waals surface area contributed by atoms with Crippen LogP contribution in [0.2, 0.25) is 0 Å². The van der Waals surface area contributed by atoms with Crippen LogP contribution in [0.5, 0.6) is 17.5 Å². The highest BCUT2D eigenvalue weighted by Crippen LogP contribution is 2.23. The first-order valence-corrected chi connectivity index (χ1v) is 10.2. The molecule has 174 valence electrons. The van der Waals surface area contributed by atoms with Gasteiger partial charge in [0.15, 0.2) is 0 Å². The maximum Gasteiger partial charge on any atom is 0.354 e. The monoisotopic (exact) mass is 465 g/mol. The van der Waals surface area contributed by atoms with E-state index < -0.39 is 11.4 Å². The summed E-state index contributed by atoms with van der Waals surface area (Å²) in [6.45, 7) is 1.94. The molecule has 0 atom stereocenters. The zero-order valence-electron chi connectivity index (χ0n) is 18.0. The summed E-state index contributed by atoms with van der Waals surface area (Å²) in [5.41, 5.74) is 0.0239. The topological polar surface area (TPSA) is 139 Å². The van der Waals surface area contributed by atoms with Crippen LogP contribution in [0.25, 0.3) is 0 Å². The van der Waals surface area contributed by atoms with Gasteiger partial charge in [-0.05, 0) is 48.9 Å². The Kier molecular flexibility index (Phi) is 6.59. The summed E-state index contributed by atoms with van der Waals surface area (Å²) in [5.74, 6) is 5.54. The van der Waals surface area contributed by atoms with Gasteiger partial charge in [0, 0.05) is 12.2 Å². The molecule has 0 saturated heterocycles. The fourth-order valence-electron chi connectivity index (χ4n) is 3.08. The number of anilines is 2. The van der Waals surface area contributed by atoms with Crippen molar-refractivity contribution in [1.82, 2.24) is 24.1 Å². The number of ether oxygens (including phenoxy) is 1. The van der Waals surface area contributed by atoms with Crippen LogP contribution in [0.4, 0.5) is 16.0 Å². The van der Waals surface area contributed by atoms with Crippen LogP contribution < -0.4 is 32.2 Å². The second kappa shape index (κ2) is 9.92. The van der Waals surface area contributed by atoms with Crippen LogP contribution in [-0.2, 0) is 13.1 Å². The molecule has 2 heterocycles. The minimum atomic E-state index is -0.672. The van der Waals surface area contributed by atoms with Crippen molar-refractivity contribution in [3.05, 3.63) is 93.3 Å². The third-order valence-corrected chi connectivity index (χ3v) is 4.78. The summed E-state index contributed by atoms with van der Waals surface area (Å²) in [7, 11) is 0. The van der Waals surface area contributed by atoms with E-state index in [0.29, 0.717) is 17.0 Å². The molecule has 34 heavy (non-hydrogen) atoms. The molecule has 12 heteroatoms. The molecule has 0 bridgehead atoms. The van der Waals surface area contributed by atoms with Gasteiger partial charge in [-0.1, -0.05) is 12.1 Å². The highest BCUT2D eigenvalue weighted by atomic mass is 19.1. The molecule has 4 aromatic rings. The largest absolute Gasteiger partial charge is 0.437 e. The average molecular weight is 465 g/mol. The minimum Gasteiger partial charge on any atom is -0.437 e. The lowest BCUT2D eigenvalue weighted by molar-refractivity contribution is 0.317. The number of halogens is 1. The summed E-state index contributed by atoms with van der Waals surface area (Å²) in [6.07, 6.45) is 2.67. The number of aromatic nitrogens is 5. The summed E-state index contributed by atoms with van der Waals surface area (Å²) in [5, 5.41) is 2.99. The van der Waals surface area contributed by atoms with E-state index in [-0.39, 0.29) is 36.6 Å². The van der Waals surface area contributed by atoms with E-state index in [0.717, 1.165) is 4.57 Å². The van der Waals surface area contributed by atoms with E-state index in [1.54, 1.807) is 43.3 Å². The molecule has 0 saturated carbocycles. The van der Waals surface area contributed by atoms with E-state index >= 15 is 0 Å². The Hall–Kier alpha value is -4.58. The lowest BCUT2D eigenvalue weighted by atomic mass is 10.2. The van der Waals surface area contributed by atoms with Crippen LogP contribution in [0.15, 0.2) is 70.5 Å². The molecular weight excluding hydrogens is 445 g/mol. The molecule has 0 spiro atoms. The molecule has 0 aliphatic rings. The smallest absolute Gasteiger partial charge is 0.354 e. The molecule has 2 aromatic heterocycles. The number of nitrogens with zero attached hydrogens (tertiary/aromatic N) is 5. The van der Waals surface area contributed by atoms with Crippen molar-refractivity contribution in [2.75, 3.05) is 5.32 Å². The normalized spacial score (nSPS) is 10.7. The van der Waals surface area contributed by atoms with Gasteiger partial charge in [0.1, 0.15) is 11.6 Å². The quantitative estimate of drug-likeness (QED) is 0.375. The van der Waals surface area contributed by atoms with Gasteiger partial charge in [-0.2, -0.15) is 10.9 Å². The van der Waals surface area contributed by atoms with Gasteiger partial charge in [0.2, 0.25) is 11.8 Å². The summed E-state index contributed by atoms with van der Waals surface area (Å²) in [4.78, 5) is 41.7. The van der Waals surface area contributed by atoms with Crippen molar-refractivity contribution in [3.8, 4) is 17.5 Å². The first-order valence-electron chi connectivity index (χ1n) is 10.2. The highest BCUT2D eigenvalue weighted by molar-refractivity contribution is 5.55. The Morgan fingerprint density at radius 1 is 0.971 bits per heavy atom. The molecule has 3 N–H and O–H groups in total. The zero-order chi connectivity index (χ0) is 24.1. The van der Waals surface area contributed by atoms with E-state index in [1.165, 1.54) is 29.1 Å². The second-order valence-electron chi connectivity index (χ2n) is 7.02. The van der Waals surface area contributed by atoms with Crippen molar-refractivity contribution < 1.29 is 14.0 Å². The van der Waals surface area contributed by atoms with Crippen molar-refractivity contribution >= 4 is 11.6 Å². The van der Waals surface area contributed by atoms with Gasteiger partial charge in [0.05, 0.1) is 18.9 Å². The number of benzene rings is 2. The predicted octanol–water partition coefficient (Wildman–Crippen LogP) is 2.19. The maximum absolute atomic E-state index is 13.3. The Morgan fingerprint density at radius 2 is 1.65 bits per heavy atom. The van der Waals surface area contributed by atoms with E-state index in [9.17, 15) is 14.0 Å². The molecule has 0 radical (unpaired) electrons. The standard InChI is InChI=1S/C22H20FN7O4/c1-2-29-21(31)28-20(30(22(29)32)13-14-3-5-15(23)6-4-14)27-16-7-9-17(10-8-16)33-18-11-26-19(34-24)12-25-18/h3-12H,2,13,24H2,1H3,(H,27,28,31). The lowest BCUT2D eigenvalue weighted by Crippen LogP contribution is -2.42. The minimum absolute atomic E-state index is 0.0564. The average Bonchev–Trinajstić information content (AvgIpc) is 2.84. The van der Waals surface area contributed by atoms with Crippen LogP contribution in [-0.4, -0.2) is 24.1 Å². The van der Waals surface area contributed by atoms with Gasteiger partial charge in [-0.15, -0.1) is 0 Å². The summed E-state index contributed by atoms with van der Waals surface area (Å²) < 4.78 is 21.2. The molecule has 4 rings (SSSR count). The SMILES string of the molecule is CCn1c(=O)nc(Nc2ccc(Oc3cnc(ON)cn3)cc2)n(Cc2ccc(F)cc2)c1=O. The van der Waals surface area contributed by atoms with E-state index in [1.807, 2.05) is 0 Å². The second-order valence-corrected chi connectivity index (χ2v) is 7.02. The number of nitrogens with one attached hydrogen (secondary N) is 1. The number of hydrogen-bond donors (Lipinski definition) is 2. The van der Waals surface area contributed by atoms with E-state index in [4.69, 9.17) is 10.6 Å². The third-order valence-electron chi connectivity index (χ3n) is 4.78. The summed E-state index contributed by atoms with van der Waals surface area (Å²) >= 11 is 0. The van der Waals surface area contributed by atoms with Crippen molar-refractivity contribution in [1.29, 1.82) is 0 Å². The molecule has 0 unspecified atom stereocenters. The van der Waals surface area contributed by atoms with Crippen LogP contribution in [0.3, 0.4) is 0 Å². The van der Waals surface area contributed by atoms with Gasteiger partial charge >= 0.3 is 11.4 Å².